The largest absolute Gasteiger partial charge is 0.508 e. The molecule has 1 aromatic carbocycles. The van der Waals surface area contributed by atoms with Crippen molar-refractivity contribution in [1.29, 1.82) is 0 Å². The van der Waals surface area contributed by atoms with Gasteiger partial charge in [-0.25, -0.2) is 0 Å². The number of likely N-dealkylation sites (N-methyl/N-ethyl adjacent to an activating group) is 1. The third-order valence-electron chi connectivity index (χ3n) is 3.76. The van der Waals surface area contributed by atoms with Gasteiger partial charge in [0.2, 0.25) is 0 Å². The first-order valence-corrected chi connectivity index (χ1v) is 6.41. The fraction of sp³-hybridized carbons (Fsp3) is 0.571. The van der Waals surface area contributed by atoms with Crippen molar-refractivity contribution >= 4 is 5.69 Å². The molecule has 3 heteroatoms. The molecule has 0 spiro atoms. The van der Waals surface area contributed by atoms with Gasteiger partial charge < -0.3 is 15.3 Å². The highest BCUT2D eigenvalue weighted by Gasteiger charge is 2.30. The van der Waals surface area contributed by atoms with Gasteiger partial charge in [0.05, 0.1) is 0 Å². The number of fused-ring (bicyclic) bond motifs is 1. The molecule has 0 aliphatic carbocycles. The van der Waals surface area contributed by atoms with Gasteiger partial charge in [-0.05, 0) is 39.4 Å². The van der Waals surface area contributed by atoms with Crippen LogP contribution >= 0.6 is 0 Å². The number of hydrogen-bond acceptors (Lipinski definition) is 3. The standard InChI is InChI=1S/C14H22N2O/c1-4-16-9-11(8-10(2)15-3)14-12(16)6-5-7-13(14)17/h5-7,10-11,15,17H,4,8-9H2,1-3H3. The van der Waals surface area contributed by atoms with Gasteiger partial charge in [0, 0.05) is 36.3 Å². The lowest BCUT2D eigenvalue weighted by atomic mass is 9.94. The van der Waals surface area contributed by atoms with Crippen LogP contribution in [0, 0.1) is 0 Å². The summed E-state index contributed by atoms with van der Waals surface area (Å²) in [6.07, 6.45) is 1.07. The van der Waals surface area contributed by atoms with Gasteiger partial charge in [0.15, 0.2) is 0 Å². The van der Waals surface area contributed by atoms with E-state index >= 15 is 0 Å². The molecule has 2 rings (SSSR count). The summed E-state index contributed by atoms with van der Waals surface area (Å²) in [6, 6.07) is 6.32. The molecule has 1 heterocycles. The molecule has 2 unspecified atom stereocenters. The summed E-state index contributed by atoms with van der Waals surface area (Å²) < 4.78 is 0. The summed E-state index contributed by atoms with van der Waals surface area (Å²) in [7, 11) is 1.99. The lowest BCUT2D eigenvalue weighted by Crippen LogP contribution is -2.26. The monoisotopic (exact) mass is 234 g/mol. The van der Waals surface area contributed by atoms with Gasteiger partial charge in [-0.15, -0.1) is 0 Å². The smallest absolute Gasteiger partial charge is 0.121 e. The van der Waals surface area contributed by atoms with Crippen molar-refractivity contribution in [2.75, 3.05) is 25.0 Å². The molecule has 1 aliphatic heterocycles. The summed E-state index contributed by atoms with van der Waals surface area (Å²) >= 11 is 0. The van der Waals surface area contributed by atoms with Crippen LogP contribution in [0.15, 0.2) is 18.2 Å². The zero-order chi connectivity index (χ0) is 12.4. The molecule has 1 aromatic rings. The number of phenolic OH excluding ortho intramolecular Hbond substituents is 1. The normalized spacial score (nSPS) is 20.4. The van der Waals surface area contributed by atoms with E-state index in [9.17, 15) is 5.11 Å². The maximum absolute atomic E-state index is 10.1. The summed E-state index contributed by atoms with van der Waals surface area (Å²) in [5.41, 5.74) is 2.34. The van der Waals surface area contributed by atoms with E-state index in [2.05, 4.69) is 30.1 Å². The number of rotatable bonds is 4. The van der Waals surface area contributed by atoms with Crippen LogP contribution in [0.25, 0.3) is 0 Å². The van der Waals surface area contributed by atoms with Crippen molar-refractivity contribution in [2.24, 2.45) is 0 Å². The van der Waals surface area contributed by atoms with E-state index in [0.29, 0.717) is 17.7 Å². The highest BCUT2D eigenvalue weighted by atomic mass is 16.3. The fourth-order valence-corrected chi connectivity index (χ4v) is 2.73. The highest BCUT2D eigenvalue weighted by Crippen LogP contribution is 2.43. The molecule has 94 valence electrons. The summed E-state index contributed by atoms with van der Waals surface area (Å²) in [5, 5.41) is 13.3. The lowest BCUT2D eigenvalue weighted by molar-refractivity contribution is 0.451. The van der Waals surface area contributed by atoms with Gasteiger partial charge >= 0.3 is 0 Å². The second-order valence-corrected chi connectivity index (χ2v) is 4.87. The molecule has 2 N–H and O–H groups in total. The maximum Gasteiger partial charge on any atom is 0.121 e. The van der Waals surface area contributed by atoms with Crippen molar-refractivity contribution in [2.45, 2.75) is 32.2 Å². The fourth-order valence-electron chi connectivity index (χ4n) is 2.73. The number of anilines is 1. The number of aromatic hydroxyl groups is 1. The first kappa shape index (κ1) is 12.2. The quantitative estimate of drug-likeness (QED) is 0.839. The van der Waals surface area contributed by atoms with Crippen LogP contribution in [0.1, 0.15) is 31.7 Å². The average Bonchev–Trinajstić information content (AvgIpc) is 2.68. The molecule has 0 fully saturated rings. The Morgan fingerprint density at radius 2 is 2.29 bits per heavy atom. The topological polar surface area (TPSA) is 35.5 Å². The Morgan fingerprint density at radius 3 is 2.94 bits per heavy atom. The van der Waals surface area contributed by atoms with Crippen LogP contribution in [0.5, 0.6) is 5.75 Å². The second kappa shape index (κ2) is 4.96. The second-order valence-electron chi connectivity index (χ2n) is 4.87. The molecular formula is C14H22N2O. The Morgan fingerprint density at radius 1 is 1.53 bits per heavy atom. The number of phenols is 1. The number of nitrogens with one attached hydrogen (secondary N) is 1. The molecule has 0 saturated carbocycles. The van der Waals surface area contributed by atoms with Crippen molar-refractivity contribution in [3.05, 3.63) is 23.8 Å². The SMILES string of the molecule is CCN1CC(CC(C)NC)c2c(O)cccc21. The van der Waals surface area contributed by atoms with E-state index in [0.717, 1.165) is 25.1 Å². The third kappa shape index (κ3) is 2.25. The van der Waals surface area contributed by atoms with Crippen LogP contribution in [0.4, 0.5) is 5.69 Å². The molecule has 1 aliphatic rings. The molecule has 0 radical (unpaired) electrons. The van der Waals surface area contributed by atoms with E-state index in [1.165, 1.54) is 5.69 Å². The van der Waals surface area contributed by atoms with Crippen molar-refractivity contribution in [3.63, 3.8) is 0 Å². The van der Waals surface area contributed by atoms with Gasteiger partial charge in [-0.2, -0.15) is 0 Å². The van der Waals surface area contributed by atoms with Gasteiger partial charge in [-0.3, -0.25) is 0 Å². The Bertz CT molecular complexity index is 390. The Labute approximate surface area is 103 Å². The zero-order valence-corrected chi connectivity index (χ0v) is 10.9. The Kier molecular flexibility index (Phi) is 3.57. The zero-order valence-electron chi connectivity index (χ0n) is 10.9. The van der Waals surface area contributed by atoms with E-state index in [-0.39, 0.29) is 0 Å². The van der Waals surface area contributed by atoms with E-state index < -0.39 is 0 Å². The molecule has 2 atom stereocenters. The molecule has 3 nitrogen and oxygen atoms in total. The first-order chi connectivity index (χ1) is 8.17. The summed E-state index contributed by atoms with van der Waals surface area (Å²) in [5.74, 6) is 0.889. The minimum absolute atomic E-state index is 0.439. The minimum atomic E-state index is 0.439. The van der Waals surface area contributed by atoms with Gasteiger partial charge in [0.1, 0.15) is 5.75 Å². The van der Waals surface area contributed by atoms with E-state index in [4.69, 9.17) is 0 Å². The summed E-state index contributed by atoms with van der Waals surface area (Å²) in [4.78, 5) is 2.35. The molecule has 0 amide bonds. The summed E-state index contributed by atoms with van der Waals surface area (Å²) in [6.45, 7) is 6.38. The number of benzene rings is 1. The van der Waals surface area contributed by atoms with Crippen LogP contribution < -0.4 is 10.2 Å². The predicted molar refractivity (Wildman–Crippen MR) is 71.9 cm³/mol. The molecule has 0 bridgehead atoms. The van der Waals surface area contributed by atoms with Gasteiger partial charge in [0.25, 0.3) is 0 Å². The molecular weight excluding hydrogens is 212 g/mol. The van der Waals surface area contributed by atoms with Crippen LogP contribution in [-0.4, -0.2) is 31.3 Å². The maximum atomic E-state index is 10.1. The Hall–Kier alpha value is -1.22. The number of nitrogens with zero attached hydrogens (tertiary/aromatic N) is 1. The first-order valence-electron chi connectivity index (χ1n) is 6.41. The van der Waals surface area contributed by atoms with Crippen molar-refractivity contribution in [3.8, 4) is 5.75 Å². The average molecular weight is 234 g/mol. The molecule has 0 saturated heterocycles. The van der Waals surface area contributed by atoms with Crippen molar-refractivity contribution < 1.29 is 5.11 Å². The predicted octanol–water partition coefficient (Wildman–Crippen LogP) is 2.31. The Balaban J connectivity index is 2.29. The van der Waals surface area contributed by atoms with E-state index in [1.807, 2.05) is 13.1 Å². The third-order valence-corrected chi connectivity index (χ3v) is 3.76. The van der Waals surface area contributed by atoms with Gasteiger partial charge in [-0.1, -0.05) is 6.07 Å². The van der Waals surface area contributed by atoms with E-state index in [1.54, 1.807) is 6.07 Å². The molecule has 17 heavy (non-hydrogen) atoms. The number of hydrogen-bond donors (Lipinski definition) is 2. The lowest BCUT2D eigenvalue weighted by Gasteiger charge is -2.18. The molecule has 0 aromatic heterocycles. The minimum Gasteiger partial charge on any atom is -0.508 e. The van der Waals surface area contributed by atoms with Crippen molar-refractivity contribution in [1.82, 2.24) is 5.32 Å². The van der Waals surface area contributed by atoms with Crippen LogP contribution in [0.3, 0.4) is 0 Å². The highest BCUT2D eigenvalue weighted by molar-refractivity contribution is 5.65. The van der Waals surface area contributed by atoms with Crippen LogP contribution in [-0.2, 0) is 0 Å². The van der Waals surface area contributed by atoms with Crippen LogP contribution in [0.2, 0.25) is 0 Å².